The van der Waals surface area contributed by atoms with Gasteiger partial charge in [-0.25, -0.2) is 8.42 Å². The molecule has 9 heteroatoms. The van der Waals surface area contributed by atoms with Crippen LogP contribution in [0.5, 0.6) is 0 Å². The van der Waals surface area contributed by atoms with Crippen LogP contribution in [0.3, 0.4) is 0 Å². The van der Waals surface area contributed by atoms with Crippen LogP contribution in [-0.4, -0.2) is 49.1 Å². The molecule has 3 rings (SSSR count). The average molecular weight is 366 g/mol. The lowest BCUT2D eigenvalue weighted by atomic mass is 10.0. The molecule has 1 amide bonds. The first kappa shape index (κ1) is 17.4. The second-order valence-electron chi connectivity index (χ2n) is 6.41. The summed E-state index contributed by atoms with van der Waals surface area (Å²) in [5.74, 6) is -1.20. The van der Waals surface area contributed by atoms with Crippen molar-refractivity contribution in [2.75, 3.05) is 18.1 Å². The predicted molar refractivity (Wildman–Crippen MR) is 88.5 cm³/mol. The minimum absolute atomic E-state index is 0.0444. The molecule has 0 saturated carbocycles. The van der Waals surface area contributed by atoms with Gasteiger partial charge in [-0.1, -0.05) is 17.3 Å². The number of sulfone groups is 1. The van der Waals surface area contributed by atoms with Crippen LogP contribution in [0.15, 0.2) is 28.8 Å². The zero-order valence-corrected chi connectivity index (χ0v) is 14.5. The fraction of sp³-hybridized carbons (Fsp3) is 0.438. The molecule has 1 aliphatic heterocycles. The maximum absolute atomic E-state index is 11.9. The van der Waals surface area contributed by atoms with Crippen molar-refractivity contribution in [2.45, 2.75) is 25.3 Å². The highest BCUT2D eigenvalue weighted by atomic mass is 32.2. The van der Waals surface area contributed by atoms with Gasteiger partial charge in [0.25, 0.3) is 5.91 Å². The van der Waals surface area contributed by atoms with E-state index in [0.29, 0.717) is 23.1 Å². The number of carbonyl (C=O) groups excluding carboxylic acids is 2. The van der Waals surface area contributed by atoms with Crippen molar-refractivity contribution in [3.05, 3.63) is 30.0 Å². The summed E-state index contributed by atoms with van der Waals surface area (Å²) in [5, 5.41) is 7.17. The highest BCUT2D eigenvalue weighted by molar-refractivity contribution is 7.91. The summed E-state index contributed by atoms with van der Waals surface area (Å²) in [6.07, 6.45) is 0.232. The van der Waals surface area contributed by atoms with Crippen molar-refractivity contribution in [2.24, 2.45) is 0 Å². The first-order valence-electron chi connectivity index (χ1n) is 7.77. The van der Waals surface area contributed by atoms with E-state index in [4.69, 9.17) is 9.26 Å². The van der Waals surface area contributed by atoms with E-state index in [0.717, 1.165) is 0 Å². The lowest BCUT2D eigenvalue weighted by Gasteiger charge is -2.23. The van der Waals surface area contributed by atoms with E-state index in [2.05, 4.69) is 10.5 Å². The third-order valence-electron chi connectivity index (χ3n) is 4.07. The minimum Gasteiger partial charge on any atom is -0.455 e. The normalized spacial score (nSPS) is 22.0. The van der Waals surface area contributed by atoms with Crippen LogP contribution in [0.4, 0.5) is 0 Å². The SMILES string of the molecule is C[C@@]1(NC(=O)COC(=O)Cc2noc3ccccc23)CCS(=O)(=O)C1. The van der Waals surface area contributed by atoms with Crippen LogP contribution in [0.25, 0.3) is 11.0 Å². The molecule has 1 aromatic heterocycles. The molecule has 2 heterocycles. The minimum atomic E-state index is -3.13. The number of ether oxygens (including phenoxy) is 1. The van der Waals surface area contributed by atoms with E-state index in [-0.39, 0.29) is 17.9 Å². The maximum Gasteiger partial charge on any atom is 0.312 e. The number of nitrogens with one attached hydrogen (secondary N) is 1. The van der Waals surface area contributed by atoms with E-state index in [1.807, 2.05) is 0 Å². The summed E-state index contributed by atoms with van der Waals surface area (Å²) >= 11 is 0. The molecule has 0 spiro atoms. The molecule has 134 valence electrons. The van der Waals surface area contributed by atoms with Crippen molar-refractivity contribution in [3.63, 3.8) is 0 Å². The Morgan fingerprint density at radius 2 is 2.12 bits per heavy atom. The lowest BCUT2D eigenvalue weighted by molar-refractivity contribution is -0.148. The van der Waals surface area contributed by atoms with Crippen LogP contribution >= 0.6 is 0 Å². The van der Waals surface area contributed by atoms with Gasteiger partial charge >= 0.3 is 5.97 Å². The monoisotopic (exact) mass is 366 g/mol. The number of aromatic nitrogens is 1. The van der Waals surface area contributed by atoms with Crippen LogP contribution in [0, 0.1) is 0 Å². The Hall–Kier alpha value is -2.42. The third-order valence-corrected chi connectivity index (χ3v) is 5.98. The molecule has 8 nitrogen and oxygen atoms in total. The number of hydrogen-bond donors (Lipinski definition) is 1. The van der Waals surface area contributed by atoms with Gasteiger partial charge in [-0.3, -0.25) is 9.59 Å². The summed E-state index contributed by atoms with van der Waals surface area (Å²) in [6, 6.07) is 7.12. The van der Waals surface area contributed by atoms with E-state index >= 15 is 0 Å². The smallest absolute Gasteiger partial charge is 0.312 e. The number of benzene rings is 1. The van der Waals surface area contributed by atoms with Crippen molar-refractivity contribution in [1.29, 1.82) is 0 Å². The molecule has 1 N–H and O–H groups in total. The Morgan fingerprint density at radius 3 is 2.84 bits per heavy atom. The van der Waals surface area contributed by atoms with Crippen molar-refractivity contribution < 1.29 is 27.3 Å². The van der Waals surface area contributed by atoms with Gasteiger partial charge in [0.2, 0.25) is 0 Å². The molecular weight excluding hydrogens is 348 g/mol. The van der Waals surface area contributed by atoms with E-state index in [1.54, 1.807) is 31.2 Å². The average Bonchev–Trinajstić information content (AvgIpc) is 3.06. The number of amides is 1. The fourth-order valence-electron chi connectivity index (χ4n) is 2.88. The Morgan fingerprint density at radius 1 is 1.36 bits per heavy atom. The Kier molecular flexibility index (Phi) is 4.51. The topological polar surface area (TPSA) is 116 Å². The van der Waals surface area contributed by atoms with Gasteiger partial charge in [0.15, 0.2) is 22.0 Å². The van der Waals surface area contributed by atoms with Crippen LogP contribution < -0.4 is 5.32 Å². The Balaban J connectivity index is 1.51. The van der Waals surface area contributed by atoms with E-state index in [1.165, 1.54) is 0 Å². The predicted octanol–water partition coefficient (Wildman–Crippen LogP) is 0.607. The Labute approximate surface area is 144 Å². The standard InChI is InChI=1S/C16H18N2O6S/c1-16(6-7-25(21,22)10-16)17-14(19)9-23-15(20)8-12-11-4-2-3-5-13(11)24-18-12/h2-5H,6-10H2,1H3,(H,17,19)/t16-/m1/s1. The molecule has 1 aliphatic rings. The first-order chi connectivity index (χ1) is 11.8. The molecular formula is C16H18N2O6S. The molecule has 1 fully saturated rings. The van der Waals surface area contributed by atoms with Gasteiger partial charge in [0, 0.05) is 5.39 Å². The third kappa shape index (κ3) is 4.16. The number of fused-ring (bicyclic) bond motifs is 1. The maximum atomic E-state index is 11.9. The largest absolute Gasteiger partial charge is 0.455 e. The van der Waals surface area contributed by atoms with Gasteiger partial charge in [0.05, 0.1) is 23.5 Å². The lowest BCUT2D eigenvalue weighted by Crippen LogP contribution is -2.48. The van der Waals surface area contributed by atoms with Gasteiger partial charge in [-0.2, -0.15) is 0 Å². The second kappa shape index (κ2) is 6.47. The van der Waals surface area contributed by atoms with Crippen molar-refractivity contribution in [1.82, 2.24) is 10.5 Å². The van der Waals surface area contributed by atoms with Gasteiger partial charge < -0.3 is 14.6 Å². The van der Waals surface area contributed by atoms with E-state index < -0.39 is 33.9 Å². The van der Waals surface area contributed by atoms with Crippen LogP contribution in [0.2, 0.25) is 0 Å². The van der Waals surface area contributed by atoms with Gasteiger partial charge in [-0.15, -0.1) is 0 Å². The van der Waals surface area contributed by atoms with Crippen molar-refractivity contribution in [3.8, 4) is 0 Å². The molecule has 0 bridgehead atoms. The highest BCUT2D eigenvalue weighted by Gasteiger charge is 2.39. The molecule has 2 aromatic rings. The zero-order valence-electron chi connectivity index (χ0n) is 13.6. The number of hydrogen-bond acceptors (Lipinski definition) is 7. The summed E-state index contributed by atoms with van der Waals surface area (Å²) in [5.41, 5.74) is 0.193. The molecule has 1 atom stereocenters. The molecule has 1 aromatic carbocycles. The molecule has 0 unspecified atom stereocenters. The number of nitrogens with zero attached hydrogens (tertiary/aromatic N) is 1. The number of rotatable bonds is 5. The quantitative estimate of drug-likeness (QED) is 0.771. The number of para-hydroxylation sites is 1. The molecule has 0 radical (unpaired) electrons. The second-order valence-corrected chi connectivity index (χ2v) is 8.60. The highest BCUT2D eigenvalue weighted by Crippen LogP contribution is 2.22. The molecule has 25 heavy (non-hydrogen) atoms. The van der Waals surface area contributed by atoms with Crippen LogP contribution in [-0.2, 0) is 30.6 Å². The first-order valence-corrected chi connectivity index (χ1v) is 9.59. The zero-order chi connectivity index (χ0) is 18.1. The van der Waals surface area contributed by atoms with E-state index in [9.17, 15) is 18.0 Å². The molecule has 1 saturated heterocycles. The number of carbonyl (C=O) groups is 2. The number of esters is 1. The van der Waals surface area contributed by atoms with Crippen molar-refractivity contribution >= 4 is 32.7 Å². The van der Waals surface area contributed by atoms with Crippen LogP contribution in [0.1, 0.15) is 19.0 Å². The summed E-state index contributed by atoms with van der Waals surface area (Å²) in [6.45, 7) is 1.20. The van der Waals surface area contributed by atoms with Gasteiger partial charge in [-0.05, 0) is 25.5 Å². The fourth-order valence-corrected chi connectivity index (χ4v) is 4.97. The Bertz CT molecular complexity index is 920. The summed E-state index contributed by atoms with van der Waals surface area (Å²) < 4.78 is 33.1. The van der Waals surface area contributed by atoms with Gasteiger partial charge in [0.1, 0.15) is 5.69 Å². The summed E-state index contributed by atoms with van der Waals surface area (Å²) in [7, 11) is -3.13. The molecule has 0 aliphatic carbocycles. The summed E-state index contributed by atoms with van der Waals surface area (Å²) in [4.78, 5) is 23.8.